The first-order valence-electron chi connectivity index (χ1n) is 5.78. The molecule has 19 heavy (non-hydrogen) atoms. The quantitative estimate of drug-likeness (QED) is 0.800. The number of hydrogen-bond acceptors (Lipinski definition) is 6. The summed E-state index contributed by atoms with van der Waals surface area (Å²) in [5, 5.41) is 0.180. The standard InChI is InChI=1S/C12H12ClN3O3/c1-3-18-8-6-14-10-9(13)7(12(17)19-4-2)5-15-11(10)16-8/h5-6H,3-4H2,1-2H3. The van der Waals surface area contributed by atoms with Crippen molar-refractivity contribution in [3.05, 3.63) is 23.0 Å². The van der Waals surface area contributed by atoms with Crippen LogP contribution in [0.5, 0.6) is 5.88 Å². The fourth-order valence-electron chi connectivity index (χ4n) is 1.49. The Morgan fingerprint density at radius 1 is 1.26 bits per heavy atom. The molecule has 2 aromatic heterocycles. The third-order valence-electron chi connectivity index (χ3n) is 2.28. The molecule has 6 nitrogen and oxygen atoms in total. The minimum absolute atomic E-state index is 0.175. The molecule has 0 amide bonds. The fraction of sp³-hybridized carbons (Fsp3) is 0.333. The van der Waals surface area contributed by atoms with Crippen LogP contribution in [0.15, 0.2) is 12.4 Å². The first-order chi connectivity index (χ1) is 9.17. The molecule has 0 fully saturated rings. The molecule has 0 saturated carbocycles. The number of rotatable bonds is 4. The zero-order chi connectivity index (χ0) is 13.8. The summed E-state index contributed by atoms with van der Waals surface area (Å²) in [7, 11) is 0. The van der Waals surface area contributed by atoms with Gasteiger partial charge in [0.1, 0.15) is 5.52 Å². The van der Waals surface area contributed by atoms with Gasteiger partial charge in [-0.3, -0.25) is 0 Å². The molecule has 0 aliphatic carbocycles. The topological polar surface area (TPSA) is 74.2 Å². The fourth-order valence-corrected chi connectivity index (χ4v) is 1.75. The molecule has 0 unspecified atom stereocenters. The van der Waals surface area contributed by atoms with Crippen LogP contribution in [-0.4, -0.2) is 34.1 Å². The Labute approximate surface area is 114 Å². The largest absolute Gasteiger partial charge is 0.477 e. The van der Waals surface area contributed by atoms with Crippen molar-refractivity contribution in [1.29, 1.82) is 0 Å². The molecule has 2 heterocycles. The number of carbonyl (C=O) groups excluding carboxylic acids is 1. The van der Waals surface area contributed by atoms with E-state index in [-0.39, 0.29) is 17.2 Å². The van der Waals surface area contributed by atoms with Gasteiger partial charge in [-0.2, -0.15) is 4.98 Å². The van der Waals surface area contributed by atoms with Crippen molar-refractivity contribution in [3.63, 3.8) is 0 Å². The highest BCUT2D eigenvalue weighted by atomic mass is 35.5. The van der Waals surface area contributed by atoms with Crippen molar-refractivity contribution in [1.82, 2.24) is 15.0 Å². The molecule has 2 rings (SSSR count). The maximum atomic E-state index is 11.7. The van der Waals surface area contributed by atoms with E-state index in [4.69, 9.17) is 21.1 Å². The van der Waals surface area contributed by atoms with Gasteiger partial charge in [0, 0.05) is 6.20 Å². The van der Waals surface area contributed by atoms with E-state index in [0.29, 0.717) is 23.7 Å². The van der Waals surface area contributed by atoms with E-state index in [1.54, 1.807) is 6.92 Å². The molecule has 0 N–H and O–H groups in total. The Balaban J connectivity index is 2.47. The summed E-state index contributed by atoms with van der Waals surface area (Å²) in [6, 6.07) is 0. The van der Waals surface area contributed by atoms with E-state index in [9.17, 15) is 4.79 Å². The smallest absolute Gasteiger partial charge is 0.341 e. The van der Waals surface area contributed by atoms with Gasteiger partial charge in [0.2, 0.25) is 5.88 Å². The van der Waals surface area contributed by atoms with E-state index >= 15 is 0 Å². The van der Waals surface area contributed by atoms with Crippen LogP contribution in [0.4, 0.5) is 0 Å². The molecule has 0 radical (unpaired) electrons. The van der Waals surface area contributed by atoms with Gasteiger partial charge in [-0.1, -0.05) is 11.6 Å². The Bertz CT molecular complexity index is 618. The maximum absolute atomic E-state index is 11.7. The van der Waals surface area contributed by atoms with Crippen molar-refractivity contribution in [2.45, 2.75) is 13.8 Å². The highest BCUT2D eigenvalue weighted by molar-refractivity contribution is 6.37. The Morgan fingerprint density at radius 3 is 2.74 bits per heavy atom. The van der Waals surface area contributed by atoms with Crippen molar-refractivity contribution >= 4 is 28.7 Å². The van der Waals surface area contributed by atoms with Crippen molar-refractivity contribution in [2.75, 3.05) is 13.2 Å². The van der Waals surface area contributed by atoms with Gasteiger partial charge in [0.15, 0.2) is 5.65 Å². The van der Waals surface area contributed by atoms with E-state index < -0.39 is 5.97 Å². The lowest BCUT2D eigenvalue weighted by Crippen LogP contribution is -2.07. The lowest BCUT2D eigenvalue weighted by molar-refractivity contribution is 0.0526. The number of carbonyl (C=O) groups is 1. The second-order valence-electron chi connectivity index (χ2n) is 3.52. The van der Waals surface area contributed by atoms with Crippen molar-refractivity contribution in [2.24, 2.45) is 0 Å². The first-order valence-corrected chi connectivity index (χ1v) is 6.16. The number of halogens is 1. The monoisotopic (exact) mass is 281 g/mol. The van der Waals surface area contributed by atoms with Gasteiger partial charge in [-0.25, -0.2) is 14.8 Å². The van der Waals surface area contributed by atoms with Crippen LogP contribution in [0, 0.1) is 0 Å². The van der Waals surface area contributed by atoms with Crippen LogP contribution in [-0.2, 0) is 4.74 Å². The van der Waals surface area contributed by atoms with Crippen LogP contribution in [0.3, 0.4) is 0 Å². The molecule has 7 heteroatoms. The minimum atomic E-state index is -0.530. The molecule has 100 valence electrons. The number of ether oxygens (including phenoxy) is 2. The third-order valence-corrected chi connectivity index (χ3v) is 2.66. The molecule has 0 aliphatic rings. The molecular weight excluding hydrogens is 270 g/mol. The summed E-state index contributed by atoms with van der Waals surface area (Å²) in [4.78, 5) is 24.0. The Hall–Kier alpha value is -1.95. The average molecular weight is 282 g/mol. The molecule has 0 spiro atoms. The van der Waals surface area contributed by atoms with Gasteiger partial charge in [0.05, 0.1) is 30.0 Å². The van der Waals surface area contributed by atoms with Crippen LogP contribution >= 0.6 is 11.6 Å². The van der Waals surface area contributed by atoms with E-state index in [1.807, 2.05) is 6.92 Å². The lowest BCUT2D eigenvalue weighted by Gasteiger charge is -2.06. The lowest BCUT2D eigenvalue weighted by atomic mass is 10.2. The SMILES string of the molecule is CCOC(=O)c1cnc2nc(OCC)cnc2c1Cl. The van der Waals surface area contributed by atoms with Gasteiger partial charge in [-0.05, 0) is 13.8 Å². The van der Waals surface area contributed by atoms with E-state index in [0.717, 1.165) is 0 Å². The summed E-state index contributed by atoms with van der Waals surface area (Å²) >= 11 is 6.12. The van der Waals surface area contributed by atoms with Gasteiger partial charge in [-0.15, -0.1) is 0 Å². The second-order valence-corrected chi connectivity index (χ2v) is 3.90. The molecule has 0 aliphatic heterocycles. The van der Waals surface area contributed by atoms with Gasteiger partial charge < -0.3 is 9.47 Å². The molecule has 2 aromatic rings. The maximum Gasteiger partial charge on any atom is 0.341 e. The minimum Gasteiger partial charge on any atom is -0.477 e. The predicted octanol–water partition coefficient (Wildman–Crippen LogP) is 2.25. The van der Waals surface area contributed by atoms with Gasteiger partial charge in [0.25, 0.3) is 0 Å². The zero-order valence-corrected chi connectivity index (χ0v) is 11.3. The third kappa shape index (κ3) is 2.73. The number of esters is 1. The van der Waals surface area contributed by atoms with E-state index in [1.165, 1.54) is 12.4 Å². The van der Waals surface area contributed by atoms with Crippen LogP contribution in [0.25, 0.3) is 11.2 Å². The van der Waals surface area contributed by atoms with Crippen molar-refractivity contribution in [3.8, 4) is 5.88 Å². The van der Waals surface area contributed by atoms with Crippen molar-refractivity contribution < 1.29 is 14.3 Å². The Kier molecular flexibility index (Phi) is 4.11. The number of fused-ring (bicyclic) bond motifs is 1. The highest BCUT2D eigenvalue weighted by Gasteiger charge is 2.16. The predicted molar refractivity (Wildman–Crippen MR) is 69.5 cm³/mol. The highest BCUT2D eigenvalue weighted by Crippen LogP contribution is 2.24. The summed E-state index contributed by atoms with van der Waals surface area (Å²) < 4.78 is 10.1. The first kappa shape index (κ1) is 13.5. The van der Waals surface area contributed by atoms with Crippen LogP contribution in [0.2, 0.25) is 5.02 Å². The summed E-state index contributed by atoms with van der Waals surface area (Å²) in [5.41, 5.74) is 0.842. The summed E-state index contributed by atoms with van der Waals surface area (Å²) in [5.74, 6) is -0.167. The molecule has 0 bridgehead atoms. The second kappa shape index (κ2) is 5.79. The normalized spacial score (nSPS) is 10.5. The number of nitrogens with zero attached hydrogens (tertiary/aromatic N) is 3. The summed E-state index contributed by atoms with van der Waals surface area (Å²) in [6.07, 6.45) is 2.77. The van der Waals surface area contributed by atoms with Crippen LogP contribution < -0.4 is 4.74 Å². The number of pyridine rings is 1. The van der Waals surface area contributed by atoms with E-state index in [2.05, 4.69) is 15.0 Å². The average Bonchev–Trinajstić information content (AvgIpc) is 2.39. The summed E-state index contributed by atoms with van der Waals surface area (Å²) in [6.45, 7) is 4.31. The zero-order valence-electron chi connectivity index (χ0n) is 10.5. The molecule has 0 saturated heterocycles. The molecule has 0 aromatic carbocycles. The number of aromatic nitrogens is 3. The Morgan fingerprint density at radius 2 is 2.05 bits per heavy atom. The number of hydrogen-bond donors (Lipinski definition) is 0. The van der Waals surface area contributed by atoms with Gasteiger partial charge >= 0.3 is 5.97 Å². The van der Waals surface area contributed by atoms with Crippen LogP contribution in [0.1, 0.15) is 24.2 Å². The molecule has 0 atom stereocenters. The molecular formula is C12H12ClN3O3.